The van der Waals surface area contributed by atoms with Crippen molar-refractivity contribution < 1.29 is 13.2 Å². The van der Waals surface area contributed by atoms with Crippen LogP contribution in [0.2, 0.25) is 0 Å². The van der Waals surface area contributed by atoms with Crippen LogP contribution in [0, 0.1) is 0 Å². The highest BCUT2D eigenvalue weighted by molar-refractivity contribution is 7.92. The molecule has 0 aliphatic heterocycles. The number of ether oxygens (including phenoxy) is 1. The third-order valence-corrected chi connectivity index (χ3v) is 2.57. The molecule has 1 N–H and O–H groups in total. The average Bonchev–Trinajstić information content (AvgIpc) is 2.85. The Hall–Kier alpha value is -1.23. The number of benzene rings is 1. The Balaban J connectivity index is 2.10. The lowest BCUT2D eigenvalue weighted by atomic mass is 10.3. The van der Waals surface area contributed by atoms with E-state index in [4.69, 9.17) is 4.74 Å². The molecule has 0 atom stereocenters. The summed E-state index contributed by atoms with van der Waals surface area (Å²) in [6.45, 7) is 0. The van der Waals surface area contributed by atoms with Crippen LogP contribution < -0.4 is 9.46 Å². The average molecular weight is 227 g/mol. The van der Waals surface area contributed by atoms with Gasteiger partial charge >= 0.3 is 0 Å². The minimum Gasteiger partial charge on any atom is -0.490 e. The maximum atomic E-state index is 11.0. The van der Waals surface area contributed by atoms with Gasteiger partial charge in [-0.2, -0.15) is 0 Å². The zero-order chi connectivity index (χ0) is 10.9. The second kappa shape index (κ2) is 3.73. The Labute approximate surface area is 89.3 Å². The van der Waals surface area contributed by atoms with Gasteiger partial charge in [-0.15, -0.1) is 0 Å². The molecule has 0 saturated heterocycles. The maximum absolute atomic E-state index is 11.0. The SMILES string of the molecule is CS(=O)(=O)Nc1cccc(OC2CC2)c1. The summed E-state index contributed by atoms with van der Waals surface area (Å²) in [7, 11) is -3.21. The van der Waals surface area contributed by atoms with Crippen LogP contribution >= 0.6 is 0 Å². The highest BCUT2D eigenvalue weighted by Gasteiger charge is 2.23. The lowest BCUT2D eigenvalue weighted by molar-refractivity contribution is 0.303. The number of rotatable bonds is 4. The highest BCUT2D eigenvalue weighted by atomic mass is 32.2. The summed E-state index contributed by atoms with van der Waals surface area (Å²) in [5.41, 5.74) is 0.538. The fourth-order valence-electron chi connectivity index (χ4n) is 1.23. The predicted molar refractivity (Wildman–Crippen MR) is 58.6 cm³/mol. The van der Waals surface area contributed by atoms with E-state index in [2.05, 4.69) is 4.72 Å². The van der Waals surface area contributed by atoms with E-state index in [-0.39, 0.29) is 0 Å². The summed E-state index contributed by atoms with van der Waals surface area (Å²) in [6.07, 6.45) is 3.62. The van der Waals surface area contributed by atoms with Crippen molar-refractivity contribution in [3.8, 4) is 5.75 Å². The normalized spacial score (nSPS) is 16.1. The van der Waals surface area contributed by atoms with Gasteiger partial charge in [0.2, 0.25) is 10.0 Å². The van der Waals surface area contributed by atoms with Gasteiger partial charge in [-0.3, -0.25) is 4.72 Å². The molecule has 1 aliphatic carbocycles. The molecule has 1 fully saturated rings. The topological polar surface area (TPSA) is 55.4 Å². The maximum Gasteiger partial charge on any atom is 0.229 e. The molecule has 0 amide bonds. The Bertz CT molecular complexity index is 451. The number of anilines is 1. The van der Waals surface area contributed by atoms with Crippen LogP contribution in [0.1, 0.15) is 12.8 Å². The fraction of sp³-hybridized carbons (Fsp3) is 0.400. The van der Waals surface area contributed by atoms with Gasteiger partial charge in [0, 0.05) is 6.07 Å². The highest BCUT2D eigenvalue weighted by Crippen LogP contribution is 2.28. The van der Waals surface area contributed by atoms with Gasteiger partial charge in [-0.25, -0.2) is 8.42 Å². The molecule has 0 aromatic heterocycles. The van der Waals surface area contributed by atoms with Crippen molar-refractivity contribution in [1.29, 1.82) is 0 Å². The number of hydrogen-bond donors (Lipinski definition) is 1. The number of hydrogen-bond acceptors (Lipinski definition) is 3. The first kappa shape index (κ1) is 10.3. The van der Waals surface area contributed by atoms with Gasteiger partial charge in [-0.1, -0.05) is 6.07 Å². The van der Waals surface area contributed by atoms with Crippen molar-refractivity contribution in [2.24, 2.45) is 0 Å². The van der Waals surface area contributed by atoms with Crippen molar-refractivity contribution >= 4 is 15.7 Å². The summed E-state index contributed by atoms with van der Waals surface area (Å²) in [5.74, 6) is 0.714. The first-order chi connectivity index (χ1) is 7.03. The van der Waals surface area contributed by atoms with E-state index in [1.165, 1.54) is 0 Å². The molecule has 5 heteroatoms. The Kier molecular flexibility index (Phi) is 2.56. The molecule has 1 aromatic carbocycles. The second-order valence-corrected chi connectivity index (χ2v) is 5.47. The largest absolute Gasteiger partial charge is 0.490 e. The van der Waals surface area contributed by atoms with E-state index in [1.807, 2.05) is 6.07 Å². The Morgan fingerprint density at radius 2 is 2.13 bits per heavy atom. The van der Waals surface area contributed by atoms with Crippen molar-refractivity contribution in [3.05, 3.63) is 24.3 Å². The fourth-order valence-corrected chi connectivity index (χ4v) is 1.78. The van der Waals surface area contributed by atoms with Gasteiger partial charge in [0.25, 0.3) is 0 Å². The summed E-state index contributed by atoms with van der Waals surface area (Å²) in [5, 5.41) is 0. The van der Waals surface area contributed by atoms with Crippen molar-refractivity contribution in [1.82, 2.24) is 0 Å². The Morgan fingerprint density at radius 1 is 1.40 bits per heavy atom. The van der Waals surface area contributed by atoms with Crippen LogP contribution in [-0.2, 0) is 10.0 Å². The summed E-state index contributed by atoms with van der Waals surface area (Å²) in [6, 6.07) is 6.98. The van der Waals surface area contributed by atoms with Crippen LogP contribution in [0.3, 0.4) is 0 Å². The standard InChI is InChI=1S/C10H13NO3S/c1-15(12,13)11-8-3-2-4-10(7-8)14-9-5-6-9/h2-4,7,9,11H,5-6H2,1H3. The number of sulfonamides is 1. The van der Waals surface area contributed by atoms with E-state index in [1.54, 1.807) is 18.2 Å². The predicted octanol–water partition coefficient (Wildman–Crippen LogP) is 1.60. The third kappa shape index (κ3) is 3.43. The molecular weight excluding hydrogens is 214 g/mol. The van der Waals surface area contributed by atoms with Crippen LogP contribution in [0.15, 0.2) is 24.3 Å². The van der Waals surface area contributed by atoms with Gasteiger partial charge < -0.3 is 4.74 Å². The van der Waals surface area contributed by atoms with Crippen LogP contribution in [0.4, 0.5) is 5.69 Å². The van der Waals surface area contributed by atoms with Gasteiger partial charge in [0.05, 0.1) is 18.0 Å². The summed E-state index contributed by atoms with van der Waals surface area (Å²) in [4.78, 5) is 0. The molecule has 0 radical (unpaired) electrons. The molecule has 4 nitrogen and oxygen atoms in total. The smallest absolute Gasteiger partial charge is 0.229 e. The van der Waals surface area contributed by atoms with Crippen molar-refractivity contribution in [2.45, 2.75) is 18.9 Å². The zero-order valence-corrected chi connectivity index (χ0v) is 9.25. The quantitative estimate of drug-likeness (QED) is 0.850. The monoisotopic (exact) mass is 227 g/mol. The van der Waals surface area contributed by atoms with Gasteiger partial charge in [-0.05, 0) is 25.0 Å². The van der Waals surface area contributed by atoms with Gasteiger partial charge in [0.1, 0.15) is 5.75 Å². The van der Waals surface area contributed by atoms with Crippen LogP contribution in [0.25, 0.3) is 0 Å². The molecule has 82 valence electrons. The molecule has 1 aliphatic rings. The molecule has 1 aromatic rings. The lowest BCUT2D eigenvalue weighted by Crippen LogP contribution is -2.09. The molecular formula is C10H13NO3S. The third-order valence-electron chi connectivity index (χ3n) is 1.96. The molecule has 0 heterocycles. The zero-order valence-electron chi connectivity index (χ0n) is 8.43. The van der Waals surface area contributed by atoms with Crippen molar-refractivity contribution in [3.63, 3.8) is 0 Å². The first-order valence-corrected chi connectivity index (χ1v) is 6.66. The summed E-state index contributed by atoms with van der Waals surface area (Å²) >= 11 is 0. The van der Waals surface area contributed by atoms with Crippen molar-refractivity contribution in [2.75, 3.05) is 11.0 Å². The van der Waals surface area contributed by atoms with E-state index >= 15 is 0 Å². The lowest BCUT2D eigenvalue weighted by Gasteiger charge is -2.07. The van der Waals surface area contributed by atoms with Crippen LogP contribution in [-0.4, -0.2) is 20.8 Å². The summed E-state index contributed by atoms with van der Waals surface area (Å²) < 4.78 is 29.9. The molecule has 0 spiro atoms. The van der Waals surface area contributed by atoms with Crippen LogP contribution in [0.5, 0.6) is 5.75 Å². The molecule has 15 heavy (non-hydrogen) atoms. The molecule has 0 unspecified atom stereocenters. The Morgan fingerprint density at radius 3 is 2.73 bits per heavy atom. The first-order valence-electron chi connectivity index (χ1n) is 4.77. The van der Waals surface area contributed by atoms with Gasteiger partial charge in [0.15, 0.2) is 0 Å². The van der Waals surface area contributed by atoms with E-state index in [0.717, 1.165) is 19.1 Å². The minimum atomic E-state index is -3.21. The molecule has 2 rings (SSSR count). The van der Waals surface area contributed by atoms with E-state index in [9.17, 15) is 8.42 Å². The molecule has 0 bridgehead atoms. The van der Waals surface area contributed by atoms with E-state index in [0.29, 0.717) is 17.5 Å². The van der Waals surface area contributed by atoms with E-state index < -0.39 is 10.0 Å². The number of nitrogens with one attached hydrogen (secondary N) is 1. The second-order valence-electron chi connectivity index (χ2n) is 3.72. The molecule has 1 saturated carbocycles. The minimum absolute atomic E-state index is 0.318.